The highest BCUT2D eigenvalue weighted by Crippen LogP contribution is 2.34. The Kier molecular flexibility index (Phi) is 5.95. The van der Waals surface area contributed by atoms with Crippen molar-refractivity contribution in [1.29, 1.82) is 0 Å². The van der Waals surface area contributed by atoms with Gasteiger partial charge in [0.1, 0.15) is 11.3 Å². The minimum Gasteiger partial charge on any atom is -0.438 e. The zero-order chi connectivity index (χ0) is 22.0. The molecule has 0 radical (unpaired) electrons. The van der Waals surface area contributed by atoms with Crippen LogP contribution in [-0.2, 0) is 9.84 Å². The minimum absolute atomic E-state index is 0.169. The van der Waals surface area contributed by atoms with Gasteiger partial charge in [-0.1, -0.05) is 24.3 Å². The van der Waals surface area contributed by atoms with Crippen LogP contribution in [0.3, 0.4) is 0 Å². The molecule has 0 spiro atoms. The first-order chi connectivity index (χ1) is 14.8. The molecular weight excluding hydrogens is 416 g/mol. The highest BCUT2D eigenvalue weighted by Gasteiger charge is 2.33. The lowest BCUT2D eigenvalue weighted by Crippen LogP contribution is -2.35. The molecule has 1 aromatic carbocycles. The van der Waals surface area contributed by atoms with Gasteiger partial charge in [-0.05, 0) is 43.7 Å². The molecule has 4 rings (SSSR count). The van der Waals surface area contributed by atoms with E-state index in [1.807, 2.05) is 30.1 Å². The molecule has 8 nitrogen and oxygen atoms in total. The van der Waals surface area contributed by atoms with Crippen molar-refractivity contribution in [3.05, 3.63) is 53.6 Å². The number of benzene rings is 1. The third-order valence-electron chi connectivity index (χ3n) is 5.31. The SMILES string of the molecule is CN(c1ncc(C(=O)N[C@H](/C=C/S(C)(=O)=O)C2CC2)c(Oc2ccccc2)n1)C1CC1. The number of hydrogen-bond acceptors (Lipinski definition) is 7. The van der Waals surface area contributed by atoms with Gasteiger partial charge in [-0.25, -0.2) is 13.4 Å². The van der Waals surface area contributed by atoms with E-state index in [0.717, 1.165) is 37.3 Å². The van der Waals surface area contributed by atoms with Crippen LogP contribution in [0, 0.1) is 5.92 Å². The molecule has 2 aliphatic rings. The molecule has 1 atom stereocenters. The zero-order valence-corrected chi connectivity index (χ0v) is 18.4. The lowest BCUT2D eigenvalue weighted by Gasteiger charge is -2.19. The lowest BCUT2D eigenvalue weighted by atomic mass is 10.1. The van der Waals surface area contributed by atoms with Gasteiger partial charge in [0.2, 0.25) is 11.8 Å². The molecule has 2 fully saturated rings. The monoisotopic (exact) mass is 442 g/mol. The average Bonchev–Trinajstić information content (AvgIpc) is 3.63. The predicted molar refractivity (Wildman–Crippen MR) is 118 cm³/mol. The van der Waals surface area contributed by atoms with Gasteiger partial charge >= 0.3 is 0 Å². The molecule has 0 saturated heterocycles. The van der Waals surface area contributed by atoms with Crippen LogP contribution in [0.4, 0.5) is 5.95 Å². The maximum absolute atomic E-state index is 13.1. The van der Waals surface area contributed by atoms with Gasteiger partial charge in [0, 0.05) is 31.0 Å². The second-order valence-corrected chi connectivity index (χ2v) is 10.1. The lowest BCUT2D eigenvalue weighted by molar-refractivity contribution is 0.0937. The molecule has 9 heteroatoms. The number of para-hydroxylation sites is 1. The standard InChI is InChI=1S/C22H26N4O4S/c1-26(16-10-11-16)22-23-14-18(21(25-22)30-17-6-4-3-5-7-17)20(27)24-19(15-8-9-15)12-13-31(2,28)29/h3-7,12-16,19H,8-11H2,1-2H3,(H,24,27)/b13-12+/t19-/m1/s1. The van der Waals surface area contributed by atoms with E-state index < -0.39 is 15.7 Å². The Morgan fingerprint density at radius 3 is 2.55 bits per heavy atom. The predicted octanol–water partition coefficient (Wildman–Crippen LogP) is 2.93. The Hall–Kier alpha value is -2.94. The second kappa shape index (κ2) is 8.66. The van der Waals surface area contributed by atoms with Gasteiger partial charge in [-0.2, -0.15) is 4.98 Å². The first kappa shape index (κ1) is 21.3. The molecule has 31 heavy (non-hydrogen) atoms. The molecule has 1 N–H and O–H groups in total. The number of sulfone groups is 1. The number of hydrogen-bond donors (Lipinski definition) is 1. The van der Waals surface area contributed by atoms with E-state index in [1.165, 1.54) is 6.20 Å². The van der Waals surface area contributed by atoms with Crippen LogP contribution in [-0.4, -0.2) is 49.7 Å². The van der Waals surface area contributed by atoms with Crippen LogP contribution >= 0.6 is 0 Å². The van der Waals surface area contributed by atoms with Crippen molar-refractivity contribution in [1.82, 2.24) is 15.3 Å². The summed E-state index contributed by atoms with van der Waals surface area (Å²) in [5.74, 6) is 1.05. The van der Waals surface area contributed by atoms with E-state index in [4.69, 9.17) is 4.74 Å². The smallest absolute Gasteiger partial charge is 0.258 e. The van der Waals surface area contributed by atoms with Crippen molar-refractivity contribution >= 4 is 21.7 Å². The van der Waals surface area contributed by atoms with Crippen LogP contribution < -0.4 is 15.0 Å². The Morgan fingerprint density at radius 1 is 1.23 bits per heavy atom. The molecular formula is C22H26N4O4S. The molecule has 0 bridgehead atoms. The van der Waals surface area contributed by atoms with Gasteiger partial charge in [0.15, 0.2) is 9.84 Å². The molecule has 164 valence electrons. The summed E-state index contributed by atoms with van der Waals surface area (Å²) in [4.78, 5) is 24.0. The Labute approximate surface area is 182 Å². The Morgan fingerprint density at radius 2 is 1.94 bits per heavy atom. The summed E-state index contributed by atoms with van der Waals surface area (Å²) in [6.45, 7) is 0. The van der Waals surface area contributed by atoms with Crippen LogP contribution in [0.2, 0.25) is 0 Å². The summed E-state index contributed by atoms with van der Waals surface area (Å²) in [6.07, 6.45) is 8.20. The van der Waals surface area contributed by atoms with Crippen molar-refractivity contribution in [2.24, 2.45) is 5.92 Å². The normalized spacial score (nSPS) is 17.4. The second-order valence-electron chi connectivity index (χ2n) is 8.14. The zero-order valence-electron chi connectivity index (χ0n) is 17.6. The maximum atomic E-state index is 13.1. The summed E-state index contributed by atoms with van der Waals surface area (Å²) < 4.78 is 29.0. The number of aromatic nitrogens is 2. The van der Waals surface area contributed by atoms with E-state index in [0.29, 0.717) is 17.7 Å². The number of carbonyl (C=O) groups is 1. The summed E-state index contributed by atoms with van der Waals surface area (Å²) in [7, 11) is -1.35. The highest BCUT2D eigenvalue weighted by molar-refractivity contribution is 7.93. The van der Waals surface area contributed by atoms with E-state index >= 15 is 0 Å². The van der Waals surface area contributed by atoms with Gasteiger partial charge in [0.25, 0.3) is 5.91 Å². The average molecular weight is 443 g/mol. The van der Waals surface area contributed by atoms with E-state index in [1.54, 1.807) is 18.2 Å². The number of nitrogens with zero attached hydrogens (tertiary/aromatic N) is 3. The van der Waals surface area contributed by atoms with Crippen LogP contribution in [0.1, 0.15) is 36.0 Å². The van der Waals surface area contributed by atoms with Gasteiger partial charge in [-0.3, -0.25) is 4.79 Å². The molecule has 2 aromatic rings. The van der Waals surface area contributed by atoms with E-state index in [-0.39, 0.29) is 23.4 Å². The third-order valence-corrected chi connectivity index (χ3v) is 5.97. The maximum Gasteiger partial charge on any atom is 0.258 e. The molecule has 2 aliphatic carbocycles. The number of carbonyl (C=O) groups excluding carboxylic acids is 1. The Bertz CT molecular complexity index is 1080. The molecule has 0 unspecified atom stereocenters. The first-order valence-electron chi connectivity index (χ1n) is 10.3. The van der Waals surface area contributed by atoms with Crippen LogP contribution in [0.25, 0.3) is 0 Å². The summed E-state index contributed by atoms with van der Waals surface area (Å²) in [5, 5.41) is 4.05. The van der Waals surface area contributed by atoms with Crippen molar-refractivity contribution in [2.45, 2.75) is 37.8 Å². The third kappa shape index (κ3) is 5.81. The summed E-state index contributed by atoms with van der Waals surface area (Å²) in [5.41, 5.74) is 0.204. The largest absolute Gasteiger partial charge is 0.438 e. The fraction of sp³-hybridized carbons (Fsp3) is 0.409. The molecule has 1 aromatic heterocycles. The minimum atomic E-state index is -3.28. The number of amides is 1. The van der Waals surface area contributed by atoms with Gasteiger partial charge in [-0.15, -0.1) is 0 Å². The van der Waals surface area contributed by atoms with Crippen LogP contribution in [0.15, 0.2) is 48.0 Å². The van der Waals surface area contributed by atoms with Gasteiger partial charge in [0.05, 0.1) is 6.04 Å². The quantitative estimate of drug-likeness (QED) is 0.637. The number of ether oxygens (including phenoxy) is 1. The fourth-order valence-electron chi connectivity index (χ4n) is 3.22. The number of rotatable bonds is 9. The Balaban J connectivity index is 1.60. The van der Waals surface area contributed by atoms with E-state index in [2.05, 4.69) is 15.3 Å². The number of anilines is 1. The van der Waals surface area contributed by atoms with E-state index in [9.17, 15) is 13.2 Å². The highest BCUT2D eigenvalue weighted by atomic mass is 32.2. The molecule has 0 aliphatic heterocycles. The molecule has 1 amide bonds. The van der Waals surface area contributed by atoms with Crippen molar-refractivity contribution in [2.75, 3.05) is 18.2 Å². The summed E-state index contributed by atoms with van der Waals surface area (Å²) >= 11 is 0. The molecule has 1 heterocycles. The first-order valence-corrected chi connectivity index (χ1v) is 12.3. The van der Waals surface area contributed by atoms with Crippen molar-refractivity contribution in [3.63, 3.8) is 0 Å². The van der Waals surface area contributed by atoms with Crippen molar-refractivity contribution in [3.8, 4) is 11.6 Å². The summed E-state index contributed by atoms with van der Waals surface area (Å²) in [6, 6.07) is 9.16. The number of nitrogens with one attached hydrogen (secondary N) is 1. The fourth-order valence-corrected chi connectivity index (χ4v) is 3.68. The van der Waals surface area contributed by atoms with Crippen LogP contribution in [0.5, 0.6) is 11.6 Å². The van der Waals surface area contributed by atoms with Gasteiger partial charge < -0.3 is 15.0 Å². The van der Waals surface area contributed by atoms with Crippen molar-refractivity contribution < 1.29 is 17.9 Å². The topological polar surface area (TPSA) is 101 Å². The molecule has 2 saturated carbocycles.